The molecule has 21 heavy (non-hydrogen) atoms. The number of hydrogen-bond donors (Lipinski definition) is 2. The summed E-state index contributed by atoms with van der Waals surface area (Å²) in [6.45, 7) is 2.31. The van der Waals surface area contributed by atoms with E-state index in [-0.39, 0.29) is 4.90 Å². The van der Waals surface area contributed by atoms with E-state index in [1.54, 1.807) is 6.92 Å². The van der Waals surface area contributed by atoms with Crippen molar-refractivity contribution in [3.8, 4) is 0 Å². The molecule has 0 aliphatic heterocycles. The smallest absolute Gasteiger partial charge is 0.240 e. The first-order valence-electron chi connectivity index (χ1n) is 7.44. The van der Waals surface area contributed by atoms with Gasteiger partial charge in [-0.3, -0.25) is 0 Å². The molecule has 0 spiro atoms. The Morgan fingerprint density at radius 3 is 2.33 bits per heavy atom. The number of sulfonamides is 1. The van der Waals surface area contributed by atoms with Gasteiger partial charge in [0.1, 0.15) is 0 Å². The highest BCUT2D eigenvalue weighted by molar-refractivity contribution is 7.89. The standard InChI is InChI=1S/C15H21ClN2O2S/c1-9-14(16)6-12(7-15(9)17)21(19,20)18-8-13(10-2-3-10)11-4-5-11/h6-7,10-11,13,18H,2-5,8,17H2,1H3. The van der Waals surface area contributed by atoms with Crippen molar-refractivity contribution in [2.75, 3.05) is 12.3 Å². The predicted octanol–water partition coefficient (Wildman–Crippen LogP) is 2.95. The maximum Gasteiger partial charge on any atom is 0.240 e. The Morgan fingerprint density at radius 2 is 1.86 bits per heavy atom. The topological polar surface area (TPSA) is 72.2 Å². The van der Waals surface area contributed by atoms with Crippen LogP contribution >= 0.6 is 11.6 Å². The van der Waals surface area contributed by atoms with Crippen LogP contribution in [0.15, 0.2) is 17.0 Å². The molecule has 2 fully saturated rings. The molecular weight excluding hydrogens is 308 g/mol. The zero-order valence-electron chi connectivity index (χ0n) is 12.1. The summed E-state index contributed by atoms with van der Waals surface area (Å²) < 4.78 is 27.6. The molecule has 2 aliphatic rings. The monoisotopic (exact) mass is 328 g/mol. The summed E-state index contributed by atoms with van der Waals surface area (Å²) in [6, 6.07) is 2.95. The van der Waals surface area contributed by atoms with Crippen molar-refractivity contribution in [3.05, 3.63) is 22.7 Å². The fourth-order valence-corrected chi connectivity index (χ4v) is 4.31. The number of nitrogens with two attached hydrogens (primary N) is 1. The van der Waals surface area contributed by atoms with Crippen LogP contribution in [0.1, 0.15) is 31.2 Å². The fourth-order valence-electron chi connectivity index (χ4n) is 2.89. The molecule has 2 aliphatic carbocycles. The number of halogens is 1. The molecule has 116 valence electrons. The van der Waals surface area contributed by atoms with Crippen molar-refractivity contribution in [3.63, 3.8) is 0 Å². The van der Waals surface area contributed by atoms with E-state index in [0.29, 0.717) is 40.6 Å². The third kappa shape index (κ3) is 3.35. The van der Waals surface area contributed by atoms with E-state index in [9.17, 15) is 8.42 Å². The molecule has 0 radical (unpaired) electrons. The SMILES string of the molecule is Cc1c(N)cc(S(=O)(=O)NCC(C2CC2)C2CC2)cc1Cl. The van der Waals surface area contributed by atoms with Crippen LogP contribution in [0, 0.1) is 24.7 Å². The number of rotatable bonds is 6. The number of nitrogens with one attached hydrogen (secondary N) is 1. The minimum Gasteiger partial charge on any atom is -0.398 e. The quantitative estimate of drug-likeness (QED) is 0.789. The van der Waals surface area contributed by atoms with Crippen molar-refractivity contribution < 1.29 is 8.42 Å². The highest BCUT2D eigenvalue weighted by Gasteiger charge is 2.41. The molecule has 0 heterocycles. The Balaban J connectivity index is 1.74. The Kier molecular flexibility index (Phi) is 3.93. The van der Waals surface area contributed by atoms with Gasteiger partial charge in [0, 0.05) is 17.3 Å². The predicted molar refractivity (Wildman–Crippen MR) is 84.7 cm³/mol. The second-order valence-corrected chi connectivity index (χ2v) is 8.48. The maximum absolute atomic E-state index is 12.4. The van der Waals surface area contributed by atoms with Gasteiger partial charge in [0.05, 0.1) is 4.90 Å². The van der Waals surface area contributed by atoms with E-state index in [2.05, 4.69) is 4.72 Å². The normalized spacial score (nSPS) is 19.2. The number of nitrogen functional groups attached to an aromatic ring is 1. The van der Waals surface area contributed by atoms with Crippen molar-refractivity contribution in [2.45, 2.75) is 37.5 Å². The first-order chi connectivity index (χ1) is 9.88. The lowest BCUT2D eigenvalue weighted by Crippen LogP contribution is -2.31. The molecule has 3 rings (SSSR count). The van der Waals surface area contributed by atoms with Crippen LogP contribution in [0.5, 0.6) is 0 Å². The van der Waals surface area contributed by atoms with E-state index in [4.69, 9.17) is 17.3 Å². The van der Waals surface area contributed by atoms with Gasteiger partial charge in [-0.25, -0.2) is 13.1 Å². The van der Waals surface area contributed by atoms with Crippen molar-refractivity contribution >= 4 is 27.3 Å². The zero-order valence-corrected chi connectivity index (χ0v) is 13.7. The van der Waals surface area contributed by atoms with Crippen LogP contribution < -0.4 is 10.5 Å². The average Bonchev–Trinajstić information content (AvgIpc) is 3.27. The summed E-state index contributed by atoms with van der Waals surface area (Å²) in [7, 11) is -3.54. The van der Waals surface area contributed by atoms with Crippen molar-refractivity contribution in [2.24, 2.45) is 17.8 Å². The van der Waals surface area contributed by atoms with Crippen LogP contribution in [0.3, 0.4) is 0 Å². The molecule has 3 N–H and O–H groups in total. The van der Waals surface area contributed by atoms with Gasteiger partial charge in [-0.15, -0.1) is 0 Å². The second kappa shape index (κ2) is 5.45. The number of anilines is 1. The van der Waals surface area contributed by atoms with E-state index >= 15 is 0 Å². The lowest BCUT2D eigenvalue weighted by Gasteiger charge is -2.17. The van der Waals surface area contributed by atoms with Crippen LogP contribution in [-0.4, -0.2) is 15.0 Å². The third-order valence-electron chi connectivity index (χ3n) is 4.63. The maximum atomic E-state index is 12.4. The van der Waals surface area contributed by atoms with Crippen LogP contribution in [0.4, 0.5) is 5.69 Å². The molecule has 0 bridgehead atoms. The van der Waals surface area contributed by atoms with Gasteiger partial charge in [-0.2, -0.15) is 0 Å². The summed E-state index contributed by atoms with van der Waals surface area (Å²) in [5.41, 5.74) is 6.93. The highest BCUT2D eigenvalue weighted by atomic mass is 35.5. The Bertz CT molecular complexity index is 617. The summed E-state index contributed by atoms with van der Waals surface area (Å²) in [4.78, 5) is 0.154. The van der Waals surface area contributed by atoms with Crippen molar-refractivity contribution in [1.82, 2.24) is 4.72 Å². The summed E-state index contributed by atoms with van der Waals surface area (Å²) in [6.07, 6.45) is 4.97. The van der Waals surface area contributed by atoms with Gasteiger partial charge in [0.2, 0.25) is 10.0 Å². The van der Waals surface area contributed by atoms with E-state index < -0.39 is 10.0 Å². The molecule has 0 aromatic heterocycles. The molecule has 1 aromatic rings. The Hall–Kier alpha value is -0.780. The first-order valence-corrected chi connectivity index (χ1v) is 9.30. The van der Waals surface area contributed by atoms with Crippen LogP contribution in [0.25, 0.3) is 0 Å². The van der Waals surface area contributed by atoms with Crippen LogP contribution in [0.2, 0.25) is 5.02 Å². The third-order valence-corrected chi connectivity index (χ3v) is 6.43. The van der Waals surface area contributed by atoms with Gasteiger partial charge in [-0.05, 0) is 68.1 Å². The Labute approximate surface area is 131 Å². The zero-order chi connectivity index (χ0) is 15.2. The van der Waals surface area contributed by atoms with Crippen molar-refractivity contribution in [1.29, 1.82) is 0 Å². The summed E-state index contributed by atoms with van der Waals surface area (Å²) >= 11 is 6.04. The Morgan fingerprint density at radius 1 is 1.29 bits per heavy atom. The van der Waals surface area contributed by atoms with Gasteiger partial charge < -0.3 is 5.73 Å². The van der Waals surface area contributed by atoms with E-state index in [1.165, 1.54) is 37.8 Å². The summed E-state index contributed by atoms with van der Waals surface area (Å²) in [5, 5.41) is 0.385. The van der Waals surface area contributed by atoms with Gasteiger partial charge in [-0.1, -0.05) is 11.6 Å². The molecule has 0 unspecified atom stereocenters. The molecule has 4 nitrogen and oxygen atoms in total. The number of hydrogen-bond acceptors (Lipinski definition) is 3. The molecule has 2 saturated carbocycles. The second-order valence-electron chi connectivity index (χ2n) is 6.31. The minimum absolute atomic E-state index is 0.154. The largest absolute Gasteiger partial charge is 0.398 e. The molecule has 0 amide bonds. The lowest BCUT2D eigenvalue weighted by atomic mass is 9.99. The van der Waals surface area contributed by atoms with Gasteiger partial charge in [0.15, 0.2) is 0 Å². The van der Waals surface area contributed by atoms with E-state index in [1.807, 2.05) is 0 Å². The summed E-state index contributed by atoms with van der Waals surface area (Å²) in [5.74, 6) is 1.93. The molecule has 1 aromatic carbocycles. The molecule has 6 heteroatoms. The lowest BCUT2D eigenvalue weighted by molar-refractivity contribution is 0.401. The molecule has 0 saturated heterocycles. The number of benzene rings is 1. The first kappa shape index (κ1) is 15.1. The van der Waals surface area contributed by atoms with Gasteiger partial charge >= 0.3 is 0 Å². The average molecular weight is 329 g/mol. The molecular formula is C15H21ClN2O2S. The fraction of sp³-hybridized carbons (Fsp3) is 0.600. The highest BCUT2D eigenvalue weighted by Crippen LogP contribution is 2.48. The molecule has 0 atom stereocenters. The van der Waals surface area contributed by atoms with Crippen LogP contribution in [-0.2, 0) is 10.0 Å². The minimum atomic E-state index is -3.54. The van der Waals surface area contributed by atoms with E-state index in [0.717, 1.165) is 0 Å². The van der Waals surface area contributed by atoms with Gasteiger partial charge in [0.25, 0.3) is 0 Å².